The lowest BCUT2D eigenvalue weighted by Gasteiger charge is -2.17. The Morgan fingerprint density at radius 3 is 2.47 bits per heavy atom. The highest BCUT2D eigenvalue weighted by Gasteiger charge is 2.10. The Kier molecular flexibility index (Phi) is 8.08. The van der Waals surface area contributed by atoms with Gasteiger partial charge in [0.25, 0.3) is 0 Å². The molecule has 0 aliphatic heterocycles. The number of carbonyl (C=O) groups is 2. The molecule has 0 aromatic heterocycles. The number of carbonyl (C=O) groups excluding carboxylic acids is 1. The number of ether oxygens (including phenoxy) is 1. The number of carboxylic acid groups (broad SMARTS) is 1. The molecule has 0 aliphatic rings. The molecule has 8 nitrogen and oxygen atoms in total. The maximum atomic E-state index is 11.5. The van der Waals surface area contributed by atoms with Gasteiger partial charge in [0.2, 0.25) is 0 Å². The molecule has 0 spiro atoms. The van der Waals surface area contributed by atoms with Crippen LogP contribution in [0.25, 0.3) is 0 Å². The third-order valence-corrected chi connectivity index (χ3v) is 3.05. The minimum Gasteiger partial charge on any atom is -0.481 e. The second-order valence-electron chi connectivity index (χ2n) is 4.04. The van der Waals surface area contributed by atoms with Crippen LogP contribution in [0.1, 0.15) is 6.42 Å². The molecule has 0 saturated heterocycles. The molecule has 0 radical (unpaired) electrons. The molecule has 0 aromatic rings. The molecule has 0 fully saturated rings. The Morgan fingerprint density at radius 2 is 1.95 bits per heavy atom. The van der Waals surface area contributed by atoms with Gasteiger partial charge in [-0.1, -0.05) is 0 Å². The number of hydrogen-bond donors (Lipinski definition) is 2. The van der Waals surface area contributed by atoms with E-state index in [1.807, 2.05) is 0 Å². The van der Waals surface area contributed by atoms with E-state index >= 15 is 0 Å². The summed E-state index contributed by atoms with van der Waals surface area (Å²) in [7, 11) is -1.60. The predicted molar refractivity (Wildman–Crippen MR) is 68.8 cm³/mol. The van der Waals surface area contributed by atoms with Crippen LogP contribution in [0.3, 0.4) is 0 Å². The fraction of sp³-hybridized carbons (Fsp3) is 0.800. The van der Waals surface area contributed by atoms with Crippen LogP contribution in [0, 0.1) is 0 Å². The van der Waals surface area contributed by atoms with Gasteiger partial charge in [0, 0.05) is 26.4 Å². The molecular weight excluding hydrogens is 276 g/mol. The molecule has 19 heavy (non-hydrogen) atoms. The van der Waals surface area contributed by atoms with Gasteiger partial charge in [-0.05, 0) is 0 Å². The van der Waals surface area contributed by atoms with Crippen molar-refractivity contribution in [2.45, 2.75) is 6.42 Å². The quantitative estimate of drug-likeness (QED) is 0.537. The first-order chi connectivity index (χ1) is 8.72. The van der Waals surface area contributed by atoms with Crippen LogP contribution in [-0.4, -0.2) is 75.8 Å². The third kappa shape index (κ3) is 11.5. The first-order valence-corrected chi connectivity index (χ1v) is 7.74. The molecule has 0 unspecified atom stereocenters. The zero-order valence-electron chi connectivity index (χ0n) is 11.1. The number of hydrogen-bond acceptors (Lipinski definition) is 5. The number of nitrogens with zero attached hydrogens (tertiary/aromatic N) is 1. The van der Waals surface area contributed by atoms with Gasteiger partial charge in [-0.25, -0.2) is 13.2 Å². The van der Waals surface area contributed by atoms with E-state index in [0.29, 0.717) is 0 Å². The molecule has 9 heteroatoms. The van der Waals surface area contributed by atoms with Gasteiger partial charge in [0.15, 0.2) is 0 Å². The van der Waals surface area contributed by atoms with Gasteiger partial charge in [0.1, 0.15) is 9.84 Å². The fourth-order valence-electron chi connectivity index (χ4n) is 1.03. The monoisotopic (exact) mass is 296 g/mol. The summed E-state index contributed by atoms with van der Waals surface area (Å²) in [6.45, 7) is 0.653. The van der Waals surface area contributed by atoms with Crippen LogP contribution in [0.5, 0.6) is 0 Å². The Morgan fingerprint density at radius 1 is 1.32 bits per heavy atom. The summed E-state index contributed by atoms with van der Waals surface area (Å²) >= 11 is 0. The van der Waals surface area contributed by atoms with Crippen molar-refractivity contribution in [1.82, 2.24) is 10.2 Å². The van der Waals surface area contributed by atoms with Crippen molar-refractivity contribution in [3.63, 3.8) is 0 Å². The van der Waals surface area contributed by atoms with Crippen LogP contribution < -0.4 is 5.32 Å². The summed E-state index contributed by atoms with van der Waals surface area (Å²) in [5.41, 5.74) is 0. The fourth-order valence-corrected chi connectivity index (χ4v) is 1.64. The number of urea groups is 1. The number of sulfone groups is 1. The van der Waals surface area contributed by atoms with Gasteiger partial charge in [-0.3, -0.25) is 4.79 Å². The second kappa shape index (κ2) is 8.70. The number of rotatable bonds is 9. The van der Waals surface area contributed by atoms with Gasteiger partial charge >= 0.3 is 12.0 Å². The normalized spacial score (nSPS) is 11.1. The molecule has 0 heterocycles. The SMILES string of the molecule is CN(CCS(C)(=O)=O)C(=O)NCCOCCC(=O)O. The summed E-state index contributed by atoms with van der Waals surface area (Å²) < 4.78 is 26.8. The second-order valence-corrected chi connectivity index (χ2v) is 6.30. The highest BCUT2D eigenvalue weighted by Crippen LogP contribution is 1.89. The van der Waals surface area contributed by atoms with Crippen LogP contribution in [-0.2, 0) is 19.4 Å². The first-order valence-electron chi connectivity index (χ1n) is 5.68. The Labute approximate surface area is 112 Å². The lowest BCUT2D eigenvalue weighted by atomic mass is 10.5. The van der Waals surface area contributed by atoms with Crippen molar-refractivity contribution in [1.29, 1.82) is 0 Å². The number of nitrogens with one attached hydrogen (secondary N) is 1. The van der Waals surface area contributed by atoms with E-state index in [0.717, 1.165) is 6.26 Å². The van der Waals surface area contributed by atoms with Gasteiger partial charge < -0.3 is 20.1 Å². The van der Waals surface area contributed by atoms with Crippen molar-refractivity contribution in [2.75, 3.05) is 45.4 Å². The maximum Gasteiger partial charge on any atom is 0.317 e. The molecule has 0 atom stereocenters. The van der Waals surface area contributed by atoms with E-state index in [1.165, 1.54) is 11.9 Å². The summed E-state index contributed by atoms with van der Waals surface area (Å²) in [5, 5.41) is 10.9. The summed E-state index contributed by atoms with van der Waals surface area (Å²) in [5.74, 6) is -1.03. The molecule has 0 saturated carbocycles. The van der Waals surface area contributed by atoms with Crippen molar-refractivity contribution in [2.24, 2.45) is 0 Å². The lowest BCUT2D eigenvalue weighted by molar-refractivity contribution is -0.138. The molecule has 0 aromatic carbocycles. The van der Waals surface area contributed by atoms with Crippen molar-refractivity contribution >= 4 is 21.8 Å². The van der Waals surface area contributed by atoms with Crippen LogP contribution in [0.4, 0.5) is 4.79 Å². The average Bonchev–Trinajstić information content (AvgIpc) is 2.28. The summed E-state index contributed by atoms with van der Waals surface area (Å²) in [4.78, 5) is 22.9. The smallest absolute Gasteiger partial charge is 0.317 e. The van der Waals surface area contributed by atoms with E-state index < -0.39 is 21.8 Å². The van der Waals surface area contributed by atoms with E-state index in [4.69, 9.17) is 9.84 Å². The average molecular weight is 296 g/mol. The molecular formula is C10H20N2O6S. The van der Waals surface area contributed by atoms with E-state index in [9.17, 15) is 18.0 Å². The van der Waals surface area contributed by atoms with E-state index in [-0.39, 0.29) is 38.5 Å². The van der Waals surface area contributed by atoms with Crippen molar-refractivity contribution < 1.29 is 27.9 Å². The van der Waals surface area contributed by atoms with Crippen molar-refractivity contribution in [3.05, 3.63) is 0 Å². The Bertz CT molecular complexity index is 395. The highest BCUT2D eigenvalue weighted by molar-refractivity contribution is 7.90. The zero-order chi connectivity index (χ0) is 14.9. The topological polar surface area (TPSA) is 113 Å². The molecule has 0 bridgehead atoms. The van der Waals surface area contributed by atoms with Gasteiger partial charge in [0.05, 0.1) is 25.4 Å². The maximum absolute atomic E-state index is 11.5. The molecule has 2 amide bonds. The van der Waals surface area contributed by atoms with E-state index in [2.05, 4.69) is 5.32 Å². The summed E-state index contributed by atoms with van der Waals surface area (Å²) in [6, 6.07) is -0.398. The van der Waals surface area contributed by atoms with Crippen molar-refractivity contribution in [3.8, 4) is 0 Å². The lowest BCUT2D eigenvalue weighted by Crippen LogP contribution is -2.40. The number of amides is 2. The first kappa shape index (κ1) is 17.6. The molecule has 0 rings (SSSR count). The van der Waals surface area contributed by atoms with E-state index in [1.54, 1.807) is 0 Å². The van der Waals surface area contributed by atoms with Gasteiger partial charge in [-0.2, -0.15) is 0 Å². The standard InChI is InChI=1S/C10H20N2O6S/c1-12(5-8-19(2,16)17)10(15)11-4-7-18-6-3-9(13)14/h3-8H2,1-2H3,(H,11,15)(H,13,14). The minimum atomic E-state index is -3.10. The Balaban J connectivity index is 3.65. The number of aliphatic carboxylic acids is 1. The third-order valence-electron chi connectivity index (χ3n) is 2.13. The largest absolute Gasteiger partial charge is 0.481 e. The Hall–Kier alpha value is -1.35. The van der Waals surface area contributed by atoms with Crippen LogP contribution in [0.15, 0.2) is 0 Å². The molecule has 2 N–H and O–H groups in total. The minimum absolute atomic E-state index is 0.0811. The predicted octanol–water partition coefficient (Wildman–Crippen LogP) is -0.836. The number of carboxylic acids is 1. The molecule has 112 valence electrons. The summed E-state index contributed by atoms with van der Waals surface area (Å²) in [6.07, 6.45) is 1.03. The molecule has 0 aliphatic carbocycles. The zero-order valence-corrected chi connectivity index (χ0v) is 11.9. The highest BCUT2D eigenvalue weighted by atomic mass is 32.2. The van der Waals surface area contributed by atoms with Gasteiger partial charge in [-0.15, -0.1) is 0 Å². The van der Waals surface area contributed by atoms with Crippen LogP contribution in [0.2, 0.25) is 0 Å². The van der Waals surface area contributed by atoms with Crippen LogP contribution >= 0.6 is 0 Å².